The number of nitrogens with zero attached hydrogens (tertiary/aromatic N) is 2. The third kappa shape index (κ3) is 2.56. The van der Waals surface area contributed by atoms with E-state index in [1.807, 2.05) is 0 Å². The molecule has 0 aliphatic rings. The molecule has 3 aromatic rings. The zero-order valence-corrected chi connectivity index (χ0v) is 12.3. The Labute approximate surface area is 126 Å². The van der Waals surface area contributed by atoms with Crippen molar-refractivity contribution in [3.05, 3.63) is 48.0 Å². The lowest BCUT2D eigenvalue weighted by molar-refractivity contribution is 0.101. The van der Waals surface area contributed by atoms with Gasteiger partial charge in [-0.05, 0) is 41.5 Å². The first-order valence-electron chi connectivity index (χ1n) is 6.32. The molecule has 0 aliphatic heterocycles. The van der Waals surface area contributed by atoms with Crippen LogP contribution in [0.5, 0.6) is 0 Å². The predicted molar refractivity (Wildman–Crippen MR) is 79.1 cm³/mol. The smallest absolute Gasteiger partial charge is 0.264 e. The molecule has 1 aromatic heterocycles. The van der Waals surface area contributed by atoms with Gasteiger partial charge in [0.25, 0.3) is 10.0 Å². The summed E-state index contributed by atoms with van der Waals surface area (Å²) in [6.45, 7) is 1.41. The van der Waals surface area contributed by atoms with Crippen molar-refractivity contribution in [1.82, 2.24) is 10.3 Å². The summed E-state index contributed by atoms with van der Waals surface area (Å²) < 4.78 is 32.0. The van der Waals surface area contributed by atoms with E-state index in [2.05, 4.69) is 19.7 Å². The van der Waals surface area contributed by atoms with E-state index in [0.717, 1.165) is 0 Å². The fraction of sp³-hybridized carbons (Fsp3) is 0.0714. The first-order chi connectivity index (χ1) is 10.5. The third-order valence-electron chi connectivity index (χ3n) is 3.06. The van der Waals surface area contributed by atoms with Crippen LogP contribution in [-0.2, 0) is 10.0 Å². The predicted octanol–water partition coefficient (Wildman–Crippen LogP) is 2.23. The molecule has 0 amide bonds. The lowest BCUT2D eigenvalue weighted by Crippen LogP contribution is -2.13. The molecule has 0 saturated heterocycles. The SMILES string of the molecule is CC(=O)c1cccc(NS(=O)(=O)c2cccc3nonc23)c1. The van der Waals surface area contributed by atoms with Crippen LogP contribution in [0.25, 0.3) is 11.0 Å². The number of carbonyl (C=O) groups is 1. The van der Waals surface area contributed by atoms with Crippen molar-refractivity contribution in [2.75, 3.05) is 4.72 Å². The van der Waals surface area contributed by atoms with Gasteiger partial charge in [0.15, 0.2) is 11.3 Å². The van der Waals surface area contributed by atoms with E-state index in [1.54, 1.807) is 30.3 Å². The summed E-state index contributed by atoms with van der Waals surface area (Å²) in [7, 11) is -3.88. The Bertz CT molecular complexity index is 963. The second-order valence-electron chi connectivity index (χ2n) is 4.63. The van der Waals surface area contributed by atoms with Crippen molar-refractivity contribution in [2.24, 2.45) is 0 Å². The van der Waals surface area contributed by atoms with E-state index in [9.17, 15) is 13.2 Å². The van der Waals surface area contributed by atoms with Gasteiger partial charge in [-0.25, -0.2) is 13.0 Å². The number of hydrogen-bond acceptors (Lipinski definition) is 6. The molecule has 0 aliphatic carbocycles. The van der Waals surface area contributed by atoms with Crippen LogP contribution in [0.2, 0.25) is 0 Å². The monoisotopic (exact) mass is 317 g/mol. The van der Waals surface area contributed by atoms with Crippen LogP contribution in [0, 0.1) is 0 Å². The average Bonchev–Trinajstić information content (AvgIpc) is 2.95. The van der Waals surface area contributed by atoms with E-state index in [1.165, 1.54) is 19.1 Å². The fourth-order valence-electron chi connectivity index (χ4n) is 2.01. The molecule has 0 bridgehead atoms. The van der Waals surface area contributed by atoms with Crippen molar-refractivity contribution in [1.29, 1.82) is 0 Å². The summed E-state index contributed by atoms with van der Waals surface area (Å²) in [4.78, 5) is 11.3. The molecular weight excluding hydrogens is 306 g/mol. The van der Waals surface area contributed by atoms with E-state index in [0.29, 0.717) is 16.8 Å². The normalized spacial score (nSPS) is 11.5. The number of aromatic nitrogens is 2. The number of sulfonamides is 1. The first kappa shape index (κ1) is 14.2. The van der Waals surface area contributed by atoms with Gasteiger partial charge < -0.3 is 0 Å². The minimum absolute atomic E-state index is 0.0421. The molecule has 3 rings (SSSR count). The Morgan fingerprint density at radius 3 is 2.68 bits per heavy atom. The van der Waals surface area contributed by atoms with Crippen molar-refractivity contribution >= 4 is 32.5 Å². The van der Waals surface area contributed by atoms with Gasteiger partial charge >= 0.3 is 0 Å². The van der Waals surface area contributed by atoms with E-state index >= 15 is 0 Å². The summed E-state index contributed by atoms with van der Waals surface area (Å²) in [6.07, 6.45) is 0. The Morgan fingerprint density at radius 1 is 1.14 bits per heavy atom. The maximum Gasteiger partial charge on any atom is 0.264 e. The molecule has 0 spiro atoms. The molecule has 112 valence electrons. The third-order valence-corrected chi connectivity index (χ3v) is 4.47. The van der Waals surface area contributed by atoms with Gasteiger partial charge in [-0.1, -0.05) is 18.2 Å². The molecule has 0 radical (unpaired) electrons. The Balaban J connectivity index is 2.02. The number of Topliss-reactive ketones (excluding diaryl/α,β-unsaturated/α-hetero) is 1. The van der Waals surface area contributed by atoms with E-state index in [-0.39, 0.29) is 16.2 Å². The Kier molecular flexibility index (Phi) is 3.38. The molecule has 0 unspecified atom stereocenters. The van der Waals surface area contributed by atoms with Gasteiger partial charge in [0.05, 0.1) is 0 Å². The van der Waals surface area contributed by atoms with Crippen LogP contribution < -0.4 is 4.72 Å². The van der Waals surface area contributed by atoms with Gasteiger partial charge in [-0.3, -0.25) is 9.52 Å². The lowest BCUT2D eigenvalue weighted by Gasteiger charge is -2.08. The number of rotatable bonds is 4. The highest BCUT2D eigenvalue weighted by Crippen LogP contribution is 2.23. The Hall–Kier alpha value is -2.74. The number of fused-ring (bicyclic) bond motifs is 1. The van der Waals surface area contributed by atoms with Crippen LogP contribution in [0.4, 0.5) is 5.69 Å². The van der Waals surface area contributed by atoms with Gasteiger partial charge in [0, 0.05) is 11.3 Å². The standard InChI is InChI=1S/C14H11N3O4S/c1-9(18)10-4-2-5-11(8-10)17-22(19,20)13-7-3-6-12-14(13)16-21-15-12/h2-8,17H,1H3. The molecular formula is C14H11N3O4S. The van der Waals surface area contributed by atoms with Crippen molar-refractivity contribution < 1.29 is 17.8 Å². The minimum atomic E-state index is -3.88. The highest BCUT2D eigenvalue weighted by Gasteiger charge is 2.20. The van der Waals surface area contributed by atoms with Crippen molar-refractivity contribution in [3.63, 3.8) is 0 Å². The van der Waals surface area contributed by atoms with Gasteiger partial charge in [0.2, 0.25) is 0 Å². The summed E-state index contributed by atoms with van der Waals surface area (Å²) in [6, 6.07) is 10.8. The number of carbonyl (C=O) groups excluding carboxylic acids is 1. The zero-order chi connectivity index (χ0) is 15.7. The van der Waals surface area contributed by atoms with Crippen LogP contribution in [0.15, 0.2) is 52.0 Å². The maximum absolute atomic E-state index is 12.5. The van der Waals surface area contributed by atoms with Crippen molar-refractivity contribution in [3.8, 4) is 0 Å². The molecule has 8 heteroatoms. The number of nitrogens with one attached hydrogen (secondary N) is 1. The number of anilines is 1. The number of hydrogen-bond donors (Lipinski definition) is 1. The second kappa shape index (κ2) is 5.23. The second-order valence-corrected chi connectivity index (χ2v) is 6.28. The van der Waals surface area contributed by atoms with Crippen LogP contribution in [0.3, 0.4) is 0 Å². The summed E-state index contributed by atoms with van der Waals surface area (Å²) in [5.41, 5.74) is 1.21. The van der Waals surface area contributed by atoms with E-state index in [4.69, 9.17) is 0 Å². The molecule has 0 fully saturated rings. The van der Waals surface area contributed by atoms with Crippen LogP contribution >= 0.6 is 0 Å². The summed E-state index contributed by atoms with van der Waals surface area (Å²) >= 11 is 0. The van der Waals surface area contributed by atoms with Crippen LogP contribution in [0.1, 0.15) is 17.3 Å². The molecule has 1 N–H and O–H groups in total. The minimum Gasteiger partial charge on any atom is -0.295 e. The molecule has 22 heavy (non-hydrogen) atoms. The highest BCUT2D eigenvalue weighted by atomic mass is 32.2. The average molecular weight is 317 g/mol. The van der Waals surface area contributed by atoms with Gasteiger partial charge in [0.1, 0.15) is 10.4 Å². The zero-order valence-electron chi connectivity index (χ0n) is 11.5. The molecule has 2 aromatic carbocycles. The molecule has 0 atom stereocenters. The molecule has 0 saturated carbocycles. The highest BCUT2D eigenvalue weighted by molar-refractivity contribution is 7.93. The number of benzene rings is 2. The summed E-state index contributed by atoms with van der Waals surface area (Å²) in [5.74, 6) is -0.149. The maximum atomic E-state index is 12.5. The van der Waals surface area contributed by atoms with Crippen molar-refractivity contribution in [2.45, 2.75) is 11.8 Å². The van der Waals surface area contributed by atoms with E-state index < -0.39 is 10.0 Å². The fourth-order valence-corrected chi connectivity index (χ4v) is 3.21. The largest absolute Gasteiger partial charge is 0.295 e. The first-order valence-corrected chi connectivity index (χ1v) is 7.81. The quantitative estimate of drug-likeness (QED) is 0.740. The number of ketones is 1. The lowest BCUT2D eigenvalue weighted by atomic mass is 10.1. The Morgan fingerprint density at radius 2 is 1.91 bits per heavy atom. The summed E-state index contributed by atoms with van der Waals surface area (Å²) in [5, 5.41) is 7.23. The molecule has 1 heterocycles. The van der Waals surface area contributed by atoms with Crippen LogP contribution in [-0.4, -0.2) is 24.5 Å². The van der Waals surface area contributed by atoms with Gasteiger partial charge in [-0.2, -0.15) is 0 Å². The van der Waals surface area contributed by atoms with Gasteiger partial charge in [-0.15, -0.1) is 0 Å². The molecule has 7 nitrogen and oxygen atoms in total. The topological polar surface area (TPSA) is 102 Å².